The number of hydrogen-bond acceptors (Lipinski definition) is 1. The summed E-state index contributed by atoms with van der Waals surface area (Å²) in [6, 6.07) is 3.24. The highest BCUT2D eigenvalue weighted by atomic mass is 35.5. The summed E-state index contributed by atoms with van der Waals surface area (Å²) >= 11 is 17.5. The Labute approximate surface area is 97.0 Å². The minimum absolute atomic E-state index is 0.0774. The van der Waals surface area contributed by atoms with Crippen molar-refractivity contribution in [2.75, 3.05) is 0 Å². The lowest BCUT2D eigenvalue weighted by atomic mass is 10.1. The van der Waals surface area contributed by atoms with Crippen LogP contribution in [0.5, 0.6) is 0 Å². The van der Waals surface area contributed by atoms with Crippen molar-refractivity contribution in [3.8, 4) is 0 Å². The summed E-state index contributed by atoms with van der Waals surface area (Å²) in [6.45, 7) is 0. The van der Waals surface area contributed by atoms with Gasteiger partial charge >= 0.3 is 0 Å². The van der Waals surface area contributed by atoms with E-state index in [9.17, 15) is 4.79 Å². The third-order valence-corrected chi connectivity index (χ3v) is 3.54. The van der Waals surface area contributed by atoms with Gasteiger partial charge in [0.05, 0.1) is 15.1 Å². The Balaban J connectivity index is 2.43. The number of halogens is 3. The summed E-state index contributed by atoms with van der Waals surface area (Å²) in [5.41, 5.74) is 0.489. The van der Waals surface area contributed by atoms with Gasteiger partial charge < -0.3 is 0 Å². The highest BCUT2D eigenvalue weighted by Crippen LogP contribution is 2.38. The van der Waals surface area contributed by atoms with Crippen molar-refractivity contribution in [1.82, 2.24) is 0 Å². The van der Waals surface area contributed by atoms with Crippen LogP contribution in [0.1, 0.15) is 23.2 Å². The van der Waals surface area contributed by atoms with E-state index in [0.717, 1.165) is 12.8 Å². The van der Waals surface area contributed by atoms with Crippen LogP contribution in [-0.2, 0) is 0 Å². The summed E-state index contributed by atoms with van der Waals surface area (Å²) in [4.78, 5) is 11.7. The monoisotopic (exact) mass is 248 g/mol. The predicted octanol–water partition coefficient (Wildman–Crippen LogP) is 4.24. The third kappa shape index (κ3) is 1.77. The first-order valence-corrected chi connectivity index (χ1v) is 5.42. The second kappa shape index (κ2) is 3.73. The molecule has 1 fully saturated rings. The fourth-order valence-electron chi connectivity index (χ4n) is 1.28. The zero-order valence-electron chi connectivity index (χ0n) is 7.19. The summed E-state index contributed by atoms with van der Waals surface area (Å²) in [7, 11) is 0. The molecule has 4 heteroatoms. The van der Waals surface area contributed by atoms with Gasteiger partial charge in [0.25, 0.3) is 0 Å². The maximum absolute atomic E-state index is 11.7. The number of rotatable bonds is 2. The number of Topliss-reactive ketones (excluding diaryl/α,β-unsaturated/α-hetero) is 1. The molecule has 0 saturated heterocycles. The molecule has 0 atom stereocenters. The maximum atomic E-state index is 11.7. The first-order valence-electron chi connectivity index (χ1n) is 4.29. The normalized spacial score (nSPS) is 15.6. The second-order valence-corrected chi connectivity index (χ2v) is 4.52. The molecule has 0 spiro atoms. The van der Waals surface area contributed by atoms with E-state index in [4.69, 9.17) is 34.8 Å². The lowest BCUT2D eigenvalue weighted by Gasteiger charge is -2.05. The predicted molar refractivity (Wildman–Crippen MR) is 58.5 cm³/mol. The van der Waals surface area contributed by atoms with Crippen molar-refractivity contribution in [2.24, 2.45) is 5.92 Å². The highest BCUT2D eigenvalue weighted by molar-refractivity contribution is 6.49. The molecule has 1 aromatic carbocycles. The van der Waals surface area contributed by atoms with Crippen LogP contribution in [0.25, 0.3) is 0 Å². The van der Waals surface area contributed by atoms with Gasteiger partial charge in [0.15, 0.2) is 5.78 Å². The van der Waals surface area contributed by atoms with Crippen LogP contribution in [0.2, 0.25) is 15.1 Å². The summed E-state index contributed by atoms with van der Waals surface area (Å²) in [5, 5.41) is 0.917. The van der Waals surface area contributed by atoms with E-state index in [1.165, 1.54) is 0 Å². The van der Waals surface area contributed by atoms with E-state index >= 15 is 0 Å². The third-order valence-electron chi connectivity index (χ3n) is 2.25. The Morgan fingerprint density at radius 3 is 2.36 bits per heavy atom. The Morgan fingerprint density at radius 1 is 1.14 bits per heavy atom. The smallest absolute Gasteiger partial charge is 0.167 e. The molecule has 0 amide bonds. The van der Waals surface area contributed by atoms with E-state index in [2.05, 4.69) is 0 Å². The van der Waals surface area contributed by atoms with E-state index in [1.54, 1.807) is 12.1 Å². The summed E-state index contributed by atoms with van der Waals surface area (Å²) in [5.74, 6) is 0.221. The topological polar surface area (TPSA) is 17.1 Å². The lowest BCUT2D eigenvalue weighted by molar-refractivity contribution is 0.0968. The number of ketones is 1. The number of benzene rings is 1. The molecular weight excluding hydrogens is 242 g/mol. The lowest BCUT2D eigenvalue weighted by Crippen LogP contribution is -2.02. The van der Waals surface area contributed by atoms with Gasteiger partial charge in [-0.1, -0.05) is 34.8 Å². The zero-order valence-corrected chi connectivity index (χ0v) is 9.46. The van der Waals surface area contributed by atoms with Crippen molar-refractivity contribution >= 4 is 40.6 Å². The van der Waals surface area contributed by atoms with Gasteiger partial charge in [-0.15, -0.1) is 0 Å². The van der Waals surface area contributed by atoms with Crippen LogP contribution in [0.4, 0.5) is 0 Å². The molecule has 74 valence electrons. The Kier molecular flexibility index (Phi) is 2.74. The molecule has 1 saturated carbocycles. The van der Waals surface area contributed by atoms with Gasteiger partial charge in [0.1, 0.15) is 0 Å². The fraction of sp³-hybridized carbons (Fsp3) is 0.300. The Bertz CT molecular complexity index is 397. The van der Waals surface area contributed by atoms with Crippen molar-refractivity contribution in [2.45, 2.75) is 12.8 Å². The van der Waals surface area contributed by atoms with E-state index in [1.807, 2.05) is 0 Å². The summed E-state index contributed by atoms with van der Waals surface area (Å²) < 4.78 is 0. The van der Waals surface area contributed by atoms with Gasteiger partial charge in [0.2, 0.25) is 0 Å². The largest absolute Gasteiger partial charge is 0.294 e. The van der Waals surface area contributed by atoms with Crippen LogP contribution in [0, 0.1) is 5.92 Å². The van der Waals surface area contributed by atoms with Crippen molar-refractivity contribution < 1.29 is 4.79 Å². The van der Waals surface area contributed by atoms with E-state index in [-0.39, 0.29) is 21.7 Å². The zero-order chi connectivity index (χ0) is 10.3. The molecule has 1 aliphatic carbocycles. The van der Waals surface area contributed by atoms with Gasteiger partial charge in [-0.2, -0.15) is 0 Å². The quantitative estimate of drug-likeness (QED) is 0.566. The second-order valence-electron chi connectivity index (χ2n) is 3.36. The molecule has 0 aliphatic heterocycles. The Morgan fingerprint density at radius 2 is 1.79 bits per heavy atom. The number of hydrogen-bond donors (Lipinski definition) is 0. The molecule has 1 nitrogen and oxygen atoms in total. The molecule has 1 aromatic rings. The van der Waals surface area contributed by atoms with E-state index < -0.39 is 0 Å². The minimum atomic E-state index is 0.0774. The van der Waals surface area contributed by atoms with Crippen LogP contribution in [0.3, 0.4) is 0 Å². The van der Waals surface area contributed by atoms with E-state index in [0.29, 0.717) is 10.6 Å². The molecule has 2 rings (SSSR count). The molecule has 0 N–H and O–H groups in total. The molecule has 0 aromatic heterocycles. The van der Waals surface area contributed by atoms with Crippen molar-refractivity contribution in [3.63, 3.8) is 0 Å². The molecule has 0 bridgehead atoms. The maximum Gasteiger partial charge on any atom is 0.167 e. The highest BCUT2D eigenvalue weighted by Gasteiger charge is 2.32. The van der Waals surface area contributed by atoms with Crippen LogP contribution in [0.15, 0.2) is 12.1 Å². The van der Waals surface area contributed by atoms with Crippen LogP contribution < -0.4 is 0 Å². The average molecular weight is 250 g/mol. The van der Waals surface area contributed by atoms with Crippen LogP contribution in [-0.4, -0.2) is 5.78 Å². The SMILES string of the molecule is O=C(c1ccc(Cl)c(Cl)c1Cl)C1CC1. The van der Waals surface area contributed by atoms with Gasteiger partial charge in [-0.25, -0.2) is 0 Å². The standard InChI is InChI=1S/C10H7Cl3O/c11-7-4-3-6(8(12)9(7)13)10(14)5-1-2-5/h3-5H,1-2H2. The van der Waals surface area contributed by atoms with Crippen molar-refractivity contribution in [1.29, 1.82) is 0 Å². The first kappa shape index (κ1) is 10.3. The molecule has 0 unspecified atom stereocenters. The van der Waals surface area contributed by atoms with Crippen molar-refractivity contribution in [3.05, 3.63) is 32.8 Å². The molecule has 0 heterocycles. The van der Waals surface area contributed by atoms with Gasteiger partial charge in [0, 0.05) is 11.5 Å². The number of carbonyl (C=O) groups is 1. The van der Waals surface area contributed by atoms with Gasteiger partial charge in [-0.3, -0.25) is 4.79 Å². The first-order chi connectivity index (χ1) is 6.61. The summed E-state index contributed by atoms with van der Waals surface area (Å²) in [6.07, 6.45) is 1.91. The molecule has 1 aliphatic rings. The molecule has 14 heavy (non-hydrogen) atoms. The number of carbonyl (C=O) groups excluding carboxylic acids is 1. The van der Waals surface area contributed by atoms with Gasteiger partial charge in [-0.05, 0) is 25.0 Å². The molecular formula is C10H7Cl3O. The van der Waals surface area contributed by atoms with Crippen LogP contribution >= 0.6 is 34.8 Å². The molecule has 0 radical (unpaired) electrons. The Hall–Kier alpha value is -0.240. The average Bonchev–Trinajstić information content (AvgIpc) is 2.97. The minimum Gasteiger partial charge on any atom is -0.294 e. The fourth-order valence-corrected chi connectivity index (χ4v) is 1.91.